The summed E-state index contributed by atoms with van der Waals surface area (Å²) in [5.41, 5.74) is -1.65. The molecule has 38 heavy (non-hydrogen) atoms. The number of pyridine rings is 1. The predicted octanol–water partition coefficient (Wildman–Crippen LogP) is 4.76. The van der Waals surface area contributed by atoms with Gasteiger partial charge in [0.05, 0.1) is 12.1 Å². The molecule has 0 amide bonds. The van der Waals surface area contributed by atoms with E-state index in [9.17, 15) is 20.1 Å². The molecule has 2 heterocycles. The van der Waals surface area contributed by atoms with E-state index in [0.29, 0.717) is 23.5 Å². The van der Waals surface area contributed by atoms with Gasteiger partial charge in [0.2, 0.25) is 0 Å². The number of fused-ring (bicyclic) bond motifs is 3. The van der Waals surface area contributed by atoms with Gasteiger partial charge < -0.3 is 24.8 Å². The third-order valence-electron chi connectivity index (χ3n) is 7.56. The zero-order valence-corrected chi connectivity index (χ0v) is 21.7. The monoisotopic (exact) mass is 573 g/mol. The van der Waals surface area contributed by atoms with E-state index >= 15 is 0 Å². The number of hydrogen-bond donors (Lipinski definition) is 3. The van der Waals surface area contributed by atoms with Gasteiger partial charge in [0.25, 0.3) is 0 Å². The summed E-state index contributed by atoms with van der Waals surface area (Å²) in [4.78, 5) is 17.1. The first kappa shape index (κ1) is 24.6. The number of halogens is 1. The van der Waals surface area contributed by atoms with E-state index < -0.39 is 35.1 Å². The molecular weight excluding hydrogens is 550 g/mol. The SMILES string of the molecule is O=C(O)C1C(O)C2(O)c3ncc(OCc4ccccc4)cc3OC2(c2ccc(Br)cc2)C1c1ccccc1. The Labute approximate surface area is 227 Å². The van der Waals surface area contributed by atoms with E-state index in [-0.39, 0.29) is 11.4 Å². The Balaban J connectivity index is 1.52. The number of aliphatic hydroxyl groups is 2. The van der Waals surface area contributed by atoms with E-state index in [1.807, 2.05) is 36.4 Å². The molecule has 1 aliphatic carbocycles. The van der Waals surface area contributed by atoms with Crippen LogP contribution in [-0.4, -0.2) is 32.4 Å². The molecule has 5 atom stereocenters. The van der Waals surface area contributed by atoms with E-state index in [1.54, 1.807) is 54.6 Å². The summed E-state index contributed by atoms with van der Waals surface area (Å²) >= 11 is 3.44. The van der Waals surface area contributed by atoms with Crippen molar-refractivity contribution in [2.75, 3.05) is 0 Å². The van der Waals surface area contributed by atoms with Crippen LogP contribution in [0, 0.1) is 5.92 Å². The van der Waals surface area contributed by atoms with E-state index in [1.165, 1.54) is 6.20 Å². The molecule has 1 aliphatic heterocycles. The molecule has 1 saturated carbocycles. The minimum absolute atomic E-state index is 0.0738. The van der Waals surface area contributed by atoms with Gasteiger partial charge in [0.15, 0.2) is 11.2 Å². The average molecular weight is 574 g/mol. The van der Waals surface area contributed by atoms with E-state index in [4.69, 9.17) is 9.47 Å². The number of carboxylic acids is 1. The third kappa shape index (κ3) is 3.55. The minimum atomic E-state index is -2.16. The first-order valence-corrected chi connectivity index (χ1v) is 13.0. The molecule has 0 radical (unpaired) electrons. The smallest absolute Gasteiger partial charge is 0.310 e. The maximum absolute atomic E-state index is 12.6. The molecule has 2 aliphatic rings. The molecule has 1 fully saturated rings. The fraction of sp³-hybridized carbons (Fsp3) is 0.200. The number of benzene rings is 3. The largest absolute Gasteiger partial charge is 0.487 e. The molecule has 1 aromatic heterocycles. The summed E-state index contributed by atoms with van der Waals surface area (Å²) in [5.74, 6) is -2.90. The number of aliphatic carboxylic acids is 1. The highest BCUT2D eigenvalue weighted by Crippen LogP contribution is 2.68. The van der Waals surface area contributed by atoms with Crippen LogP contribution in [0.15, 0.2) is 102 Å². The standard InChI is InChI=1S/C30H24BrNO6/c31-21-13-11-20(12-14-21)30-25(19-9-5-2-6-10-19)24(28(34)35)27(33)29(30,36)26-23(38-30)15-22(16-32-26)37-17-18-7-3-1-4-8-18/h1-16,24-25,27,33,36H,17H2,(H,34,35). The van der Waals surface area contributed by atoms with Crippen LogP contribution in [-0.2, 0) is 22.6 Å². The summed E-state index contributed by atoms with van der Waals surface area (Å²) < 4.78 is 13.4. The second kappa shape index (κ2) is 9.23. The molecule has 7 nitrogen and oxygen atoms in total. The Kier molecular flexibility index (Phi) is 5.98. The molecule has 0 bridgehead atoms. The number of ether oxygens (including phenoxy) is 2. The van der Waals surface area contributed by atoms with Crippen LogP contribution in [0.4, 0.5) is 0 Å². The van der Waals surface area contributed by atoms with Crippen molar-refractivity contribution in [1.29, 1.82) is 0 Å². The van der Waals surface area contributed by atoms with Crippen LogP contribution in [0.2, 0.25) is 0 Å². The van der Waals surface area contributed by atoms with Gasteiger partial charge in [-0.05, 0) is 28.8 Å². The van der Waals surface area contributed by atoms with Gasteiger partial charge in [0, 0.05) is 16.5 Å². The first-order chi connectivity index (χ1) is 18.4. The highest BCUT2D eigenvalue weighted by molar-refractivity contribution is 9.10. The Morgan fingerprint density at radius 2 is 1.66 bits per heavy atom. The second-order valence-corrected chi connectivity index (χ2v) is 10.5. The highest BCUT2D eigenvalue weighted by atomic mass is 79.9. The van der Waals surface area contributed by atoms with Gasteiger partial charge in [-0.1, -0.05) is 88.7 Å². The zero-order valence-electron chi connectivity index (χ0n) is 20.1. The quantitative estimate of drug-likeness (QED) is 0.305. The molecule has 3 N–H and O–H groups in total. The van der Waals surface area contributed by atoms with Crippen molar-refractivity contribution in [3.05, 3.63) is 124 Å². The van der Waals surface area contributed by atoms with Crippen LogP contribution in [0.1, 0.15) is 28.3 Å². The Morgan fingerprint density at radius 1 is 1.00 bits per heavy atom. The average Bonchev–Trinajstić information content (AvgIpc) is 3.31. The fourth-order valence-electron chi connectivity index (χ4n) is 5.93. The summed E-state index contributed by atoms with van der Waals surface area (Å²) in [5, 5.41) is 34.3. The lowest BCUT2D eigenvalue weighted by Crippen LogP contribution is -2.52. The van der Waals surface area contributed by atoms with Crippen molar-refractivity contribution in [1.82, 2.24) is 4.98 Å². The highest BCUT2D eigenvalue weighted by Gasteiger charge is 2.78. The van der Waals surface area contributed by atoms with Crippen molar-refractivity contribution in [3.63, 3.8) is 0 Å². The molecular formula is C30H24BrNO6. The van der Waals surface area contributed by atoms with Gasteiger partial charge >= 0.3 is 5.97 Å². The summed E-state index contributed by atoms with van der Waals surface area (Å²) in [6.07, 6.45) is -0.252. The van der Waals surface area contributed by atoms with Gasteiger partial charge in [-0.25, -0.2) is 0 Å². The number of nitrogens with zero attached hydrogens (tertiary/aromatic N) is 1. The minimum Gasteiger partial charge on any atom is -0.487 e. The second-order valence-electron chi connectivity index (χ2n) is 9.60. The number of hydrogen-bond acceptors (Lipinski definition) is 6. The van der Waals surface area contributed by atoms with Crippen molar-refractivity contribution >= 4 is 21.9 Å². The van der Waals surface area contributed by atoms with Crippen molar-refractivity contribution in [3.8, 4) is 11.5 Å². The lowest BCUT2D eigenvalue weighted by atomic mass is 9.71. The predicted molar refractivity (Wildman–Crippen MR) is 142 cm³/mol. The van der Waals surface area contributed by atoms with Crippen molar-refractivity contribution in [2.24, 2.45) is 5.92 Å². The number of aromatic nitrogens is 1. The Bertz CT molecular complexity index is 1480. The lowest BCUT2D eigenvalue weighted by molar-refractivity contribution is -0.160. The first-order valence-electron chi connectivity index (χ1n) is 12.2. The summed E-state index contributed by atoms with van der Waals surface area (Å²) in [6, 6.07) is 27.4. The zero-order chi connectivity index (χ0) is 26.5. The van der Waals surface area contributed by atoms with Crippen molar-refractivity contribution < 1.29 is 29.6 Å². The summed E-state index contributed by atoms with van der Waals surface area (Å²) in [6.45, 7) is 0.305. The van der Waals surface area contributed by atoms with E-state index in [2.05, 4.69) is 20.9 Å². The molecule has 4 aromatic rings. The normalized spacial score (nSPS) is 27.3. The molecule has 0 saturated heterocycles. The van der Waals surface area contributed by atoms with Crippen LogP contribution >= 0.6 is 15.9 Å². The van der Waals surface area contributed by atoms with Crippen LogP contribution < -0.4 is 9.47 Å². The van der Waals surface area contributed by atoms with E-state index in [0.717, 1.165) is 10.0 Å². The van der Waals surface area contributed by atoms with Gasteiger partial charge in [-0.3, -0.25) is 9.78 Å². The van der Waals surface area contributed by atoms with Crippen molar-refractivity contribution in [2.45, 2.75) is 29.8 Å². The Hall–Kier alpha value is -3.72. The molecule has 3 aromatic carbocycles. The molecule has 6 rings (SSSR count). The maximum atomic E-state index is 12.6. The Morgan fingerprint density at radius 3 is 2.32 bits per heavy atom. The number of aliphatic hydroxyl groups excluding tert-OH is 1. The topological polar surface area (TPSA) is 109 Å². The number of carbonyl (C=O) groups is 1. The maximum Gasteiger partial charge on any atom is 0.310 e. The third-order valence-corrected chi connectivity index (χ3v) is 8.09. The lowest BCUT2D eigenvalue weighted by Gasteiger charge is -2.40. The number of rotatable bonds is 6. The van der Waals surface area contributed by atoms with Gasteiger partial charge in [-0.15, -0.1) is 0 Å². The molecule has 0 spiro atoms. The van der Waals surface area contributed by atoms with Gasteiger partial charge in [-0.2, -0.15) is 0 Å². The van der Waals surface area contributed by atoms with Crippen LogP contribution in [0.5, 0.6) is 11.5 Å². The fourth-order valence-corrected chi connectivity index (χ4v) is 6.19. The van der Waals surface area contributed by atoms with Crippen LogP contribution in [0.3, 0.4) is 0 Å². The summed E-state index contributed by atoms with van der Waals surface area (Å²) in [7, 11) is 0. The molecule has 5 unspecified atom stereocenters. The number of carboxylic acid groups (broad SMARTS) is 1. The van der Waals surface area contributed by atoms with Crippen LogP contribution in [0.25, 0.3) is 0 Å². The molecule has 8 heteroatoms. The van der Waals surface area contributed by atoms with Gasteiger partial charge in [0.1, 0.15) is 29.9 Å². The molecule has 192 valence electrons.